The van der Waals surface area contributed by atoms with E-state index in [-0.39, 0.29) is 21.7 Å². The zero-order valence-corrected chi connectivity index (χ0v) is 42.6. The number of anilines is 6. The van der Waals surface area contributed by atoms with E-state index in [0.29, 0.717) is 0 Å². The van der Waals surface area contributed by atoms with Gasteiger partial charge in [-0.05, 0) is 165 Å². The highest BCUT2D eigenvalue weighted by Gasteiger charge is 2.45. The highest BCUT2D eigenvalue weighted by atomic mass is 15.2. The predicted octanol–water partition coefficient (Wildman–Crippen LogP) is 18.2. The zero-order chi connectivity index (χ0) is 48.7. The van der Waals surface area contributed by atoms with E-state index in [2.05, 4.69) is 260 Å². The lowest BCUT2D eigenvalue weighted by molar-refractivity contribution is 0.593. The van der Waals surface area contributed by atoms with Crippen LogP contribution in [0.15, 0.2) is 176 Å². The molecule has 0 bridgehead atoms. The zero-order valence-electron chi connectivity index (χ0n) is 42.6. The van der Waals surface area contributed by atoms with Crippen molar-refractivity contribution in [3.8, 4) is 27.9 Å². The summed E-state index contributed by atoms with van der Waals surface area (Å²) >= 11 is 0. The maximum Gasteiger partial charge on any atom is 0.0583 e. The van der Waals surface area contributed by atoms with Crippen LogP contribution in [-0.4, -0.2) is 4.57 Å². The first kappa shape index (κ1) is 42.3. The van der Waals surface area contributed by atoms with Crippen LogP contribution in [0.3, 0.4) is 0 Å². The van der Waals surface area contributed by atoms with Crippen molar-refractivity contribution >= 4 is 55.9 Å². The molecular weight excluding hydrogens is 859 g/mol. The minimum Gasteiger partial charge on any atom is -0.310 e. The molecule has 0 amide bonds. The van der Waals surface area contributed by atoms with Gasteiger partial charge in [0, 0.05) is 66.6 Å². The third kappa shape index (κ3) is 5.55. The molecule has 0 unspecified atom stereocenters. The van der Waals surface area contributed by atoms with Crippen molar-refractivity contribution in [1.82, 2.24) is 4.57 Å². The number of hydrogen-bond acceptors (Lipinski definition) is 2. The van der Waals surface area contributed by atoms with Gasteiger partial charge in [-0.25, -0.2) is 0 Å². The normalized spacial score (nSPS) is 16.2. The summed E-state index contributed by atoms with van der Waals surface area (Å²) in [5.74, 6) is 0. The van der Waals surface area contributed by atoms with Gasteiger partial charge in [0.15, 0.2) is 0 Å². The Morgan fingerprint density at radius 2 is 0.690 bits per heavy atom. The van der Waals surface area contributed by atoms with Crippen molar-refractivity contribution in [2.24, 2.45) is 0 Å². The number of para-hydroxylation sites is 1. The monoisotopic (exact) mass is 917 g/mol. The van der Waals surface area contributed by atoms with Crippen molar-refractivity contribution in [1.29, 1.82) is 0 Å². The average molecular weight is 918 g/mol. The Morgan fingerprint density at radius 1 is 0.296 bits per heavy atom. The van der Waals surface area contributed by atoms with Crippen LogP contribution in [0.25, 0.3) is 49.7 Å². The maximum atomic E-state index is 2.67. The largest absolute Gasteiger partial charge is 0.310 e. The molecule has 4 aliphatic rings. The van der Waals surface area contributed by atoms with E-state index in [1.807, 2.05) is 0 Å². The van der Waals surface area contributed by atoms with E-state index in [0.717, 1.165) is 22.7 Å². The second kappa shape index (κ2) is 14.0. The molecule has 0 N–H and O–H groups in total. The standard InChI is InChI=1S/C68H59N3/c1-40-18-15-20-42(32-40)69(44-29-31-56-51(34-44)49-23-12-14-25-55(49)65(56,3)4)46-35-52-53-36-47(39-61-63(53)71-62(52)60(38-46)67(7,8)57-26-17-27-58(64(57)71)68(61,9)10)70(43-21-16-19-41(2)33-43)45-28-30-50-48-22-11-13-24-54(48)66(5,6)59(50)37-45/h11-39H,1-10H3. The molecule has 3 heteroatoms. The summed E-state index contributed by atoms with van der Waals surface area (Å²) in [6.07, 6.45) is 0. The number of rotatable bonds is 6. The van der Waals surface area contributed by atoms with Crippen LogP contribution >= 0.6 is 0 Å². The Balaban J connectivity index is 1.07. The van der Waals surface area contributed by atoms with Crippen molar-refractivity contribution in [2.75, 3.05) is 9.80 Å². The summed E-state index contributed by atoms with van der Waals surface area (Å²) in [6.45, 7) is 23.8. The van der Waals surface area contributed by atoms with E-state index in [9.17, 15) is 0 Å². The second-order valence-corrected chi connectivity index (χ2v) is 23.2. The number of aryl methyl sites for hydroxylation is 2. The molecule has 9 aromatic carbocycles. The molecule has 2 aliphatic heterocycles. The van der Waals surface area contributed by atoms with E-state index < -0.39 is 0 Å². The summed E-state index contributed by atoms with van der Waals surface area (Å²) in [4.78, 5) is 5.06. The number of benzene rings is 9. The molecule has 0 fully saturated rings. The van der Waals surface area contributed by atoms with Gasteiger partial charge in [0.2, 0.25) is 0 Å². The summed E-state index contributed by atoms with van der Waals surface area (Å²) in [7, 11) is 0. The lowest BCUT2D eigenvalue weighted by Gasteiger charge is -2.42. The molecule has 0 saturated heterocycles. The van der Waals surface area contributed by atoms with Gasteiger partial charge in [0.1, 0.15) is 0 Å². The minimum absolute atomic E-state index is 0.0808. The fourth-order valence-corrected chi connectivity index (χ4v) is 13.9. The summed E-state index contributed by atoms with van der Waals surface area (Å²) in [5, 5.41) is 2.56. The number of nitrogens with zero attached hydrogens (tertiary/aromatic N) is 3. The van der Waals surface area contributed by atoms with Gasteiger partial charge < -0.3 is 14.4 Å². The third-order valence-corrected chi connectivity index (χ3v) is 17.6. The molecule has 346 valence electrons. The Bertz CT molecular complexity index is 3980. The smallest absolute Gasteiger partial charge is 0.0583 e. The van der Waals surface area contributed by atoms with Crippen LogP contribution in [0.4, 0.5) is 34.1 Å². The summed E-state index contributed by atoms with van der Waals surface area (Å²) < 4.78 is 2.67. The Labute approximate surface area is 418 Å². The molecule has 14 rings (SSSR count). The summed E-state index contributed by atoms with van der Waals surface area (Å²) in [6, 6.07) is 67.7. The summed E-state index contributed by atoms with van der Waals surface area (Å²) in [5.41, 5.74) is 28.9. The highest BCUT2D eigenvalue weighted by Crippen LogP contribution is 2.59. The van der Waals surface area contributed by atoms with Crippen molar-refractivity contribution in [3.63, 3.8) is 0 Å². The van der Waals surface area contributed by atoms with Crippen LogP contribution < -0.4 is 9.80 Å². The lowest BCUT2D eigenvalue weighted by atomic mass is 9.68. The number of aromatic nitrogens is 1. The quantitative estimate of drug-likeness (QED) is 0.165. The fourth-order valence-electron chi connectivity index (χ4n) is 13.9. The molecule has 3 nitrogen and oxygen atoms in total. The average Bonchev–Trinajstić information content (AvgIpc) is 3.91. The molecule has 1 aromatic heterocycles. The second-order valence-electron chi connectivity index (χ2n) is 23.2. The third-order valence-electron chi connectivity index (χ3n) is 17.6. The minimum atomic E-state index is -0.290. The van der Waals surface area contributed by atoms with Crippen molar-refractivity contribution in [3.05, 3.63) is 232 Å². The SMILES string of the molecule is Cc1cccc(N(c2ccc3c(c2)-c2ccccc2C3(C)C)c2cc3c4c(c2)c2cc(N(c5cccc(C)c5)c5ccc6c(c5)C(C)(C)c5ccccc5-6)cc5c2n4-c2c(cccc2C5(C)C)C3(C)C)c1. The maximum absolute atomic E-state index is 2.67. The highest BCUT2D eigenvalue weighted by molar-refractivity contribution is 6.16. The Morgan fingerprint density at radius 3 is 1.24 bits per heavy atom. The molecule has 0 saturated carbocycles. The predicted molar refractivity (Wildman–Crippen MR) is 299 cm³/mol. The van der Waals surface area contributed by atoms with Gasteiger partial charge in [-0.2, -0.15) is 0 Å². The van der Waals surface area contributed by atoms with Gasteiger partial charge in [-0.15, -0.1) is 0 Å². The van der Waals surface area contributed by atoms with Crippen LogP contribution in [0, 0.1) is 13.8 Å². The van der Waals surface area contributed by atoms with Crippen LogP contribution in [-0.2, 0) is 21.7 Å². The number of hydrogen-bond donors (Lipinski definition) is 0. The van der Waals surface area contributed by atoms with Gasteiger partial charge in [-0.1, -0.05) is 159 Å². The van der Waals surface area contributed by atoms with Crippen molar-refractivity contribution in [2.45, 2.75) is 90.9 Å². The topological polar surface area (TPSA) is 11.4 Å². The lowest BCUT2D eigenvalue weighted by Crippen LogP contribution is -2.33. The molecule has 10 aromatic rings. The molecular formula is C68H59N3. The van der Waals surface area contributed by atoms with Crippen LogP contribution in [0.2, 0.25) is 0 Å². The first-order valence-corrected chi connectivity index (χ1v) is 25.6. The van der Waals surface area contributed by atoms with Crippen LogP contribution in [0.5, 0.6) is 0 Å². The molecule has 2 aliphatic carbocycles. The van der Waals surface area contributed by atoms with Gasteiger partial charge >= 0.3 is 0 Å². The first-order chi connectivity index (χ1) is 34.0. The Hall–Kier alpha value is -7.62. The molecule has 0 spiro atoms. The molecule has 71 heavy (non-hydrogen) atoms. The molecule has 3 heterocycles. The molecule has 0 radical (unpaired) electrons. The van der Waals surface area contributed by atoms with E-state index in [1.54, 1.807) is 0 Å². The van der Waals surface area contributed by atoms with Gasteiger partial charge in [-0.3, -0.25) is 0 Å². The Kier molecular flexibility index (Phi) is 8.36. The van der Waals surface area contributed by atoms with Crippen LogP contribution in [0.1, 0.15) is 111 Å². The van der Waals surface area contributed by atoms with Crippen molar-refractivity contribution < 1.29 is 0 Å². The fraction of sp³-hybridized carbons (Fsp3) is 0.206. The van der Waals surface area contributed by atoms with E-state index >= 15 is 0 Å². The van der Waals surface area contributed by atoms with Gasteiger partial charge in [0.05, 0.1) is 16.7 Å². The molecule has 0 atom stereocenters. The number of fused-ring (bicyclic) bond motifs is 7. The van der Waals surface area contributed by atoms with Gasteiger partial charge in [0.25, 0.3) is 0 Å². The van der Waals surface area contributed by atoms with E-state index in [1.165, 1.54) is 117 Å². The first-order valence-electron chi connectivity index (χ1n) is 25.6. The van der Waals surface area contributed by atoms with E-state index in [4.69, 9.17) is 0 Å².